The molecule has 0 spiro atoms. The van der Waals surface area contributed by atoms with Gasteiger partial charge in [-0.05, 0) is 32.1 Å². The molecule has 1 atom stereocenters. The highest BCUT2D eigenvalue weighted by Gasteiger charge is 2.25. The van der Waals surface area contributed by atoms with Crippen molar-refractivity contribution in [3.05, 3.63) is 17.0 Å². The van der Waals surface area contributed by atoms with Crippen LogP contribution in [0.15, 0.2) is 0 Å². The van der Waals surface area contributed by atoms with Crippen molar-refractivity contribution in [1.82, 2.24) is 9.78 Å². The summed E-state index contributed by atoms with van der Waals surface area (Å²) in [5, 5.41) is 4.41. The van der Waals surface area contributed by atoms with Gasteiger partial charge >= 0.3 is 0 Å². The first-order valence-corrected chi connectivity index (χ1v) is 5.73. The van der Waals surface area contributed by atoms with Crippen LogP contribution >= 0.6 is 0 Å². The van der Waals surface area contributed by atoms with E-state index in [1.165, 1.54) is 17.7 Å². The van der Waals surface area contributed by atoms with Gasteiger partial charge in [-0.1, -0.05) is 6.92 Å². The van der Waals surface area contributed by atoms with E-state index in [1.807, 2.05) is 4.68 Å². The summed E-state index contributed by atoms with van der Waals surface area (Å²) in [5.74, 6) is 0.789. The first kappa shape index (κ1) is 10.4. The molecular weight excluding hydrogens is 188 g/mol. The molecule has 82 valence electrons. The minimum Gasteiger partial charge on any atom is -0.293 e. The van der Waals surface area contributed by atoms with Crippen LogP contribution in [0.4, 0.5) is 0 Å². The van der Waals surface area contributed by atoms with Gasteiger partial charge in [-0.2, -0.15) is 5.10 Å². The van der Waals surface area contributed by atoms with Crippen molar-refractivity contribution < 1.29 is 4.79 Å². The zero-order valence-corrected chi connectivity index (χ0v) is 9.71. The standard InChI is InChI=1S/C12H18N2O/c1-4-14-11-6-5-8(2)7-10(11)12(13-14)9(3)15/h8H,4-7H2,1-3H3. The van der Waals surface area contributed by atoms with Crippen molar-refractivity contribution in [2.75, 3.05) is 0 Å². The van der Waals surface area contributed by atoms with E-state index in [0.29, 0.717) is 11.6 Å². The first-order valence-electron chi connectivity index (χ1n) is 5.73. The quantitative estimate of drug-likeness (QED) is 0.695. The van der Waals surface area contributed by atoms with Gasteiger partial charge in [0.2, 0.25) is 0 Å². The summed E-state index contributed by atoms with van der Waals surface area (Å²) >= 11 is 0. The van der Waals surface area contributed by atoms with Crippen LogP contribution in [-0.2, 0) is 19.4 Å². The molecule has 0 radical (unpaired) electrons. The molecule has 1 aliphatic carbocycles. The molecule has 3 heteroatoms. The number of aryl methyl sites for hydroxylation is 1. The Morgan fingerprint density at radius 2 is 2.33 bits per heavy atom. The van der Waals surface area contributed by atoms with Crippen LogP contribution in [0.3, 0.4) is 0 Å². The van der Waals surface area contributed by atoms with Crippen LogP contribution in [0, 0.1) is 5.92 Å². The Bertz CT molecular complexity index is 393. The van der Waals surface area contributed by atoms with Gasteiger partial charge in [0.15, 0.2) is 5.78 Å². The monoisotopic (exact) mass is 206 g/mol. The topological polar surface area (TPSA) is 34.9 Å². The SMILES string of the molecule is CCn1nc(C(C)=O)c2c1CCC(C)C2. The Kier molecular flexibility index (Phi) is 2.63. The van der Waals surface area contributed by atoms with Crippen LogP contribution in [0.2, 0.25) is 0 Å². The highest BCUT2D eigenvalue weighted by atomic mass is 16.1. The number of nitrogens with zero attached hydrogens (tertiary/aromatic N) is 2. The summed E-state index contributed by atoms with van der Waals surface area (Å²) in [4.78, 5) is 11.5. The number of hydrogen-bond acceptors (Lipinski definition) is 2. The predicted molar refractivity (Wildman–Crippen MR) is 59.1 cm³/mol. The third-order valence-electron chi connectivity index (χ3n) is 3.23. The molecule has 0 N–H and O–H groups in total. The Morgan fingerprint density at radius 3 is 2.93 bits per heavy atom. The van der Waals surface area contributed by atoms with Crippen LogP contribution in [0.25, 0.3) is 0 Å². The lowest BCUT2D eigenvalue weighted by Gasteiger charge is -2.19. The lowest BCUT2D eigenvalue weighted by molar-refractivity contribution is 0.101. The Morgan fingerprint density at radius 1 is 1.60 bits per heavy atom. The fourth-order valence-electron chi connectivity index (χ4n) is 2.41. The van der Waals surface area contributed by atoms with Gasteiger partial charge in [-0.3, -0.25) is 9.48 Å². The van der Waals surface area contributed by atoms with E-state index in [9.17, 15) is 4.79 Å². The number of carbonyl (C=O) groups is 1. The molecule has 0 aliphatic heterocycles. The van der Waals surface area contributed by atoms with Gasteiger partial charge in [0.1, 0.15) is 5.69 Å². The van der Waals surface area contributed by atoms with E-state index in [1.54, 1.807) is 6.92 Å². The molecule has 3 nitrogen and oxygen atoms in total. The van der Waals surface area contributed by atoms with Crippen LogP contribution in [0.5, 0.6) is 0 Å². The van der Waals surface area contributed by atoms with Gasteiger partial charge < -0.3 is 0 Å². The lowest BCUT2D eigenvalue weighted by Crippen LogP contribution is -2.14. The summed E-state index contributed by atoms with van der Waals surface area (Å²) in [5.41, 5.74) is 3.21. The Balaban J connectivity index is 2.50. The second-order valence-electron chi connectivity index (χ2n) is 4.49. The largest absolute Gasteiger partial charge is 0.293 e. The summed E-state index contributed by atoms with van der Waals surface area (Å²) in [6.45, 7) is 6.80. The molecule has 1 heterocycles. The maximum Gasteiger partial charge on any atom is 0.180 e. The first-order chi connectivity index (χ1) is 7.13. The van der Waals surface area contributed by atoms with E-state index in [4.69, 9.17) is 0 Å². The number of Topliss-reactive ketones (excluding diaryl/α,β-unsaturated/α-hetero) is 1. The van der Waals surface area contributed by atoms with Crippen LogP contribution < -0.4 is 0 Å². The molecule has 15 heavy (non-hydrogen) atoms. The molecular formula is C12H18N2O. The maximum absolute atomic E-state index is 11.5. The predicted octanol–water partition coefficient (Wildman–Crippen LogP) is 2.23. The summed E-state index contributed by atoms with van der Waals surface area (Å²) in [6, 6.07) is 0. The molecule has 1 aromatic heterocycles. The molecule has 0 fully saturated rings. The molecule has 2 rings (SSSR count). The number of aromatic nitrogens is 2. The molecule has 0 aromatic carbocycles. The third kappa shape index (κ3) is 1.71. The van der Waals surface area contributed by atoms with Crippen molar-refractivity contribution >= 4 is 5.78 Å². The molecule has 0 amide bonds. The molecule has 0 saturated carbocycles. The second kappa shape index (κ2) is 3.80. The Hall–Kier alpha value is -1.12. The highest BCUT2D eigenvalue weighted by molar-refractivity contribution is 5.93. The zero-order chi connectivity index (χ0) is 11.0. The average molecular weight is 206 g/mol. The number of fused-ring (bicyclic) bond motifs is 1. The normalized spacial score (nSPS) is 20.1. The molecule has 1 aromatic rings. The summed E-state index contributed by atoms with van der Waals surface area (Å²) in [7, 11) is 0. The fraction of sp³-hybridized carbons (Fsp3) is 0.667. The van der Waals surface area contributed by atoms with Gasteiger partial charge in [0.25, 0.3) is 0 Å². The smallest absolute Gasteiger partial charge is 0.180 e. The molecule has 1 aliphatic rings. The van der Waals surface area contributed by atoms with Crippen LogP contribution in [-0.4, -0.2) is 15.6 Å². The lowest BCUT2D eigenvalue weighted by atomic mass is 9.87. The summed E-state index contributed by atoms with van der Waals surface area (Å²) < 4.78 is 2.00. The summed E-state index contributed by atoms with van der Waals surface area (Å²) in [6.07, 6.45) is 3.31. The maximum atomic E-state index is 11.5. The van der Waals surface area contributed by atoms with E-state index >= 15 is 0 Å². The zero-order valence-electron chi connectivity index (χ0n) is 9.71. The number of ketones is 1. The second-order valence-corrected chi connectivity index (χ2v) is 4.49. The van der Waals surface area contributed by atoms with Crippen molar-refractivity contribution in [3.8, 4) is 0 Å². The van der Waals surface area contributed by atoms with Crippen molar-refractivity contribution in [2.24, 2.45) is 5.92 Å². The van der Waals surface area contributed by atoms with Gasteiger partial charge in [0.05, 0.1) is 0 Å². The fourth-order valence-corrected chi connectivity index (χ4v) is 2.41. The van der Waals surface area contributed by atoms with Gasteiger partial charge in [0, 0.05) is 24.7 Å². The average Bonchev–Trinajstić information content (AvgIpc) is 2.55. The molecule has 0 bridgehead atoms. The molecule has 0 saturated heterocycles. The minimum atomic E-state index is 0.104. The van der Waals surface area contributed by atoms with E-state index in [-0.39, 0.29) is 5.78 Å². The van der Waals surface area contributed by atoms with E-state index < -0.39 is 0 Å². The molecule has 1 unspecified atom stereocenters. The van der Waals surface area contributed by atoms with E-state index in [0.717, 1.165) is 19.4 Å². The van der Waals surface area contributed by atoms with Crippen LogP contribution in [0.1, 0.15) is 48.9 Å². The van der Waals surface area contributed by atoms with Gasteiger partial charge in [-0.25, -0.2) is 0 Å². The minimum absolute atomic E-state index is 0.104. The number of carbonyl (C=O) groups excluding carboxylic acids is 1. The number of hydrogen-bond donors (Lipinski definition) is 0. The van der Waals surface area contributed by atoms with E-state index in [2.05, 4.69) is 18.9 Å². The van der Waals surface area contributed by atoms with Crippen molar-refractivity contribution in [3.63, 3.8) is 0 Å². The van der Waals surface area contributed by atoms with Gasteiger partial charge in [-0.15, -0.1) is 0 Å². The van der Waals surface area contributed by atoms with Crippen molar-refractivity contribution in [2.45, 2.75) is 46.6 Å². The van der Waals surface area contributed by atoms with Crippen molar-refractivity contribution in [1.29, 1.82) is 0 Å². The third-order valence-corrected chi connectivity index (χ3v) is 3.23. The Labute approximate surface area is 90.5 Å². The highest BCUT2D eigenvalue weighted by Crippen LogP contribution is 2.28. The number of rotatable bonds is 2.